The first-order chi connectivity index (χ1) is 6.59. The quantitative estimate of drug-likeness (QED) is 0.519. The first-order valence-corrected chi connectivity index (χ1v) is 4.84. The lowest BCUT2D eigenvalue weighted by molar-refractivity contribution is -0.137. The van der Waals surface area contributed by atoms with Crippen LogP contribution in [0.4, 0.5) is 0 Å². The van der Waals surface area contributed by atoms with Gasteiger partial charge in [-0.05, 0) is 20.4 Å². The molecule has 1 aliphatic heterocycles. The molecule has 78 valence electrons. The van der Waals surface area contributed by atoms with Crippen LogP contribution in [0.1, 0.15) is 20.8 Å². The van der Waals surface area contributed by atoms with Crippen molar-refractivity contribution in [2.24, 2.45) is 0 Å². The van der Waals surface area contributed by atoms with Crippen molar-refractivity contribution in [3.63, 3.8) is 0 Å². The lowest BCUT2D eigenvalue weighted by Crippen LogP contribution is -2.37. The summed E-state index contributed by atoms with van der Waals surface area (Å²) in [6.45, 7) is 7.35. The van der Waals surface area contributed by atoms with Crippen molar-refractivity contribution < 1.29 is 9.59 Å². The highest BCUT2D eigenvalue weighted by Crippen LogP contribution is 2.18. The molecule has 1 rings (SSSR count). The molecule has 0 aromatic carbocycles. The Labute approximate surface area is 84.0 Å². The van der Waals surface area contributed by atoms with E-state index in [0.29, 0.717) is 24.2 Å². The highest BCUT2D eigenvalue weighted by molar-refractivity contribution is 6.18. The fourth-order valence-electron chi connectivity index (χ4n) is 1.39. The van der Waals surface area contributed by atoms with Crippen LogP contribution in [0.5, 0.6) is 0 Å². The summed E-state index contributed by atoms with van der Waals surface area (Å²) in [4.78, 5) is 24.4. The number of likely N-dealkylation sites (N-methyl/N-ethyl adjacent to an activating group) is 1. The van der Waals surface area contributed by atoms with Crippen LogP contribution in [0.2, 0.25) is 0 Å². The molecule has 2 amide bonds. The molecule has 0 fully saturated rings. The maximum absolute atomic E-state index is 11.5. The van der Waals surface area contributed by atoms with Crippen molar-refractivity contribution in [3.05, 3.63) is 11.1 Å². The van der Waals surface area contributed by atoms with E-state index in [1.807, 2.05) is 6.92 Å². The van der Waals surface area contributed by atoms with Crippen LogP contribution in [0.3, 0.4) is 0 Å². The summed E-state index contributed by atoms with van der Waals surface area (Å²) in [6.07, 6.45) is 0. The van der Waals surface area contributed by atoms with Crippen LogP contribution in [-0.2, 0) is 9.59 Å². The van der Waals surface area contributed by atoms with Crippen LogP contribution in [0.15, 0.2) is 11.1 Å². The van der Waals surface area contributed by atoms with Gasteiger partial charge < -0.3 is 5.32 Å². The average Bonchev–Trinajstić information content (AvgIpc) is 2.35. The molecule has 0 aromatic heterocycles. The third kappa shape index (κ3) is 1.85. The number of hydrogen-bond acceptors (Lipinski definition) is 3. The number of amides is 2. The van der Waals surface area contributed by atoms with Gasteiger partial charge in [-0.25, -0.2) is 0 Å². The molecule has 1 N–H and O–H groups in total. The first kappa shape index (κ1) is 10.9. The van der Waals surface area contributed by atoms with Crippen LogP contribution >= 0.6 is 0 Å². The number of carbonyl (C=O) groups excluding carboxylic acids is 2. The van der Waals surface area contributed by atoms with Gasteiger partial charge in [0, 0.05) is 24.2 Å². The van der Waals surface area contributed by atoms with E-state index >= 15 is 0 Å². The summed E-state index contributed by atoms with van der Waals surface area (Å²) >= 11 is 0. The lowest BCUT2D eigenvalue weighted by Gasteiger charge is -2.14. The largest absolute Gasteiger partial charge is 0.315 e. The SMILES string of the molecule is CCNCCN1C(=O)C(C)=C(C)C1=O. The minimum atomic E-state index is -0.148. The zero-order chi connectivity index (χ0) is 10.7. The molecule has 0 aromatic rings. The van der Waals surface area contributed by atoms with E-state index in [2.05, 4.69) is 5.32 Å². The van der Waals surface area contributed by atoms with Gasteiger partial charge in [0.15, 0.2) is 0 Å². The summed E-state index contributed by atoms with van der Waals surface area (Å²) in [5.41, 5.74) is 1.15. The molecule has 0 atom stereocenters. The van der Waals surface area contributed by atoms with E-state index in [9.17, 15) is 9.59 Å². The minimum Gasteiger partial charge on any atom is -0.315 e. The Morgan fingerprint density at radius 3 is 2.07 bits per heavy atom. The fraction of sp³-hybridized carbons (Fsp3) is 0.600. The summed E-state index contributed by atoms with van der Waals surface area (Å²) in [5.74, 6) is -0.296. The molecule has 1 aliphatic rings. The number of carbonyl (C=O) groups is 2. The lowest BCUT2D eigenvalue weighted by atomic mass is 10.2. The Hall–Kier alpha value is -1.16. The van der Waals surface area contributed by atoms with Gasteiger partial charge >= 0.3 is 0 Å². The Morgan fingerprint density at radius 2 is 1.64 bits per heavy atom. The van der Waals surface area contributed by atoms with Gasteiger partial charge in [-0.1, -0.05) is 6.92 Å². The molecule has 0 saturated carbocycles. The Bertz CT molecular complexity index is 270. The topological polar surface area (TPSA) is 49.4 Å². The van der Waals surface area contributed by atoms with Gasteiger partial charge in [0.2, 0.25) is 0 Å². The monoisotopic (exact) mass is 196 g/mol. The summed E-state index contributed by atoms with van der Waals surface area (Å²) < 4.78 is 0. The molecule has 0 bridgehead atoms. The van der Waals surface area contributed by atoms with Gasteiger partial charge in [-0.2, -0.15) is 0 Å². The maximum atomic E-state index is 11.5. The van der Waals surface area contributed by atoms with Crippen molar-refractivity contribution in [2.45, 2.75) is 20.8 Å². The van der Waals surface area contributed by atoms with E-state index in [4.69, 9.17) is 0 Å². The second kappa shape index (κ2) is 4.37. The maximum Gasteiger partial charge on any atom is 0.256 e. The molecule has 0 aliphatic carbocycles. The van der Waals surface area contributed by atoms with Crippen molar-refractivity contribution in [3.8, 4) is 0 Å². The van der Waals surface area contributed by atoms with Crippen LogP contribution < -0.4 is 5.32 Å². The number of hydrogen-bond donors (Lipinski definition) is 1. The first-order valence-electron chi connectivity index (χ1n) is 4.84. The highest BCUT2D eigenvalue weighted by atomic mass is 16.2. The van der Waals surface area contributed by atoms with Crippen molar-refractivity contribution in [1.29, 1.82) is 0 Å². The van der Waals surface area contributed by atoms with Gasteiger partial charge in [0.1, 0.15) is 0 Å². The molecular weight excluding hydrogens is 180 g/mol. The number of nitrogens with zero attached hydrogens (tertiary/aromatic N) is 1. The summed E-state index contributed by atoms with van der Waals surface area (Å²) in [5, 5.41) is 3.08. The van der Waals surface area contributed by atoms with Crippen LogP contribution in [-0.4, -0.2) is 36.3 Å². The standard InChI is InChI=1S/C10H16N2O2/c1-4-11-5-6-12-9(13)7(2)8(3)10(12)14/h11H,4-6H2,1-3H3. The van der Waals surface area contributed by atoms with Gasteiger partial charge in [0.25, 0.3) is 11.8 Å². The predicted octanol–water partition coefficient (Wildman–Crippen LogP) is 0.301. The number of nitrogens with one attached hydrogen (secondary N) is 1. The van der Waals surface area contributed by atoms with Crippen LogP contribution in [0.25, 0.3) is 0 Å². The smallest absolute Gasteiger partial charge is 0.256 e. The Kier molecular flexibility index (Phi) is 3.41. The molecule has 4 nitrogen and oxygen atoms in total. The third-order valence-corrected chi connectivity index (χ3v) is 2.46. The number of rotatable bonds is 4. The molecule has 0 saturated heterocycles. The van der Waals surface area contributed by atoms with E-state index in [-0.39, 0.29) is 11.8 Å². The fourth-order valence-corrected chi connectivity index (χ4v) is 1.39. The van der Waals surface area contributed by atoms with Gasteiger partial charge in [-0.3, -0.25) is 14.5 Å². The third-order valence-electron chi connectivity index (χ3n) is 2.46. The predicted molar refractivity (Wildman–Crippen MR) is 53.6 cm³/mol. The molecular formula is C10H16N2O2. The molecule has 1 heterocycles. The summed E-state index contributed by atoms with van der Waals surface area (Å²) in [6, 6.07) is 0. The Morgan fingerprint density at radius 1 is 1.14 bits per heavy atom. The second-order valence-electron chi connectivity index (χ2n) is 3.37. The van der Waals surface area contributed by atoms with Crippen molar-refractivity contribution in [1.82, 2.24) is 10.2 Å². The van der Waals surface area contributed by atoms with E-state index in [1.165, 1.54) is 4.90 Å². The van der Waals surface area contributed by atoms with Crippen molar-refractivity contribution in [2.75, 3.05) is 19.6 Å². The van der Waals surface area contributed by atoms with Crippen LogP contribution in [0, 0.1) is 0 Å². The second-order valence-corrected chi connectivity index (χ2v) is 3.37. The highest BCUT2D eigenvalue weighted by Gasteiger charge is 2.32. The minimum absolute atomic E-state index is 0.148. The molecule has 0 unspecified atom stereocenters. The Balaban J connectivity index is 2.58. The van der Waals surface area contributed by atoms with E-state index < -0.39 is 0 Å². The molecule has 14 heavy (non-hydrogen) atoms. The van der Waals surface area contributed by atoms with Gasteiger partial charge in [-0.15, -0.1) is 0 Å². The average molecular weight is 196 g/mol. The van der Waals surface area contributed by atoms with Gasteiger partial charge in [0.05, 0.1) is 0 Å². The number of imide groups is 1. The zero-order valence-electron chi connectivity index (χ0n) is 8.89. The molecule has 0 radical (unpaired) electrons. The molecule has 0 spiro atoms. The van der Waals surface area contributed by atoms with E-state index in [0.717, 1.165) is 6.54 Å². The normalized spacial score (nSPS) is 17.2. The molecule has 4 heteroatoms. The van der Waals surface area contributed by atoms with Crippen molar-refractivity contribution >= 4 is 11.8 Å². The summed E-state index contributed by atoms with van der Waals surface area (Å²) in [7, 11) is 0. The zero-order valence-corrected chi connectivity index (χ0v) is 8.89. The van der Waals surface area contributed by atoms with E-state index in [1.54, 1.807) is 13.8 Å².